The highest BCUT2D eigenvalue weighted by Crippen LogP contribution is 2.07. The summed E-state index contributed by atoms with van der Waals surface area (Å²) in [4.78, 5) is 14.4. The fourth-order valence-corrected chi connectivity index (χ4v) is 0.974. The van der Waals surface area contributed by atoms with E-state index in [1.807, 2.05) is 6.08 Å². The first-order valence-electron chi connectivity index (χ1n) is 3.18. The molecule has 0 aromatic carbocycles. The van der Waals surface area contributed by atoms with E-state index in [-0.39, 0.29) is 5.82 Å². The molecule has 0 unspecified atom stereocenters. The minimum absolute atomic E-state index is 0.0874. The van der Waals surface area contributed by atoms with Crippen LogP contribution in [0, 0.1) is 0 Å². The Morgan fingerprint density at radius 2 is 2.55 bits per heavy atom. The number of allylic oxidation sites excluding steroid dienone is 1. The van der Waals surface area contributed by atoms with Gasteiger partial charge in [-0.3, -0.25) is 4.79 Å². The maximum absolute atomic E-state index is 10.6. The SMILES string of the molecule is NC(=O)c1nc2n(n1)CC=C2. The maximum Gasteiger partial charge on any atom is 0.288 e. The van der Waals surface area contributed by atoms with E-state index in [0.717, 1.165) is 0 Å². The Balaban J connectivity index is 2.49. The summed E-state index contributed by atoms with van der Waals surface area (Å²) in [6.07, 6.45) is 3.72. The molecule has 2 heterocycles. The van der Waals surface area contributed by atoms with Crippen molar-refractivity contribution in [1.82, 2.24) is 14.8 Å². The van der Waals surface area contributed by atoms with Crippen LogP contribution in [0.15, 0.2) is 6.08 Å². The van der Waals surface area contributed by atoms with E-state index in [0.29, 0.717) is 12.4 Å². The van der Waals surface area contributed by atoms with E-state index in [2.05, 4.69) is 10.1 Å². The van der Waals surface area contributed by atoms with E-state index < -0.39 is 5.91 Å². The fraction of sp³-hybridized carbons (Fsp3) is 0.167. The van der Waals surface area contributed by atoms with Gasteiger partial charge in [0.15, 0.2) is 5.82 Å². The van der Waals surface area contributed by atoms with Crippen molar-refractivity contribution in [3.8, 4) is 0 Å². The number of aromatic nitrogens is 3. The molecule has 1 aliphatic heterocycles. The van der Waals surface area contributed by atoms with Crippen molar-refractivity contribution in [2.24, 2.45) is 5.73 Å². The Morgan fingerprint density at radius 1 is 1.73 bits per heavy atom. The van der Waals surface area contributed by atoms with Gasteiger partial charge < -0.3 is 5.73 Å². The van der Waals surface area contributed by atoms with Gasteiger partial charge in [0, 0.05) is 0 Å². The van der Waals surface area contributed by atoms with Gasteiger partial charge in [-0.15, -0.1) is 5.10 Å². The van der Waals surface area contributed by atoms with Crippen molar-refractivity contribution in [2.75, 3.05) is 0 Å². The van der Waals surface area contributed by atoms with Gasteiger partial charge in [0.1, 0.15) is 0 Å². The lowest BCUT2D eigenvalue weighted by Gasteiger charge is -1.87. The normalized spacial score (nSPS) is 13.5. The zero-order chi connectivity index (χ0) is 7.84. The second kappa shape index (κ2) is 1.91. The lowest BCUT2D eigenvalue weighted by molar-refractivity contribution is 0.0990. The molecular weight excluding hydrogens is 144 g/mol. The molecule has 0 saturated carbocycles. The third-order valence-electron chi connectivity index (χ3n) is 1.47. The van der Waals surface area contributed by atoms with Crippen LogP contribution < -0.4 is 5.73 Å². The summed E-state index contributed by atoms with van der Waals surface area (Å²) >= 11 is 0. The Bertz CT molecular complexity index is 338. The highest BCUT2D eigenvalue weighted by atomic mass is 16.1. The number of nitrogens with zero attached hydrogens (tertiary/aromatic N) is 3. The second-order valence-corrected chi connectivity index (χ2v) is 2.24. The van der Waals surface area contributed by atoms with Crippen LogP contribution in [-0.2, 0) is 6.54 Å². The Labute approximate surface area is 62.5 Å². The van der Waals surface area contributed by atoms with Crippen molar-refractivity contribution in [3.63, 3.8) is 0 Å². The molecule has 0 atom stereocenters. The molecule has 0 bridgehead atoms. The summed E-state index contributed by atoms with van der Waals surface area (Å²) in [7, 11) is 0. The molecule has 0 fully saturated rings. The van der Waals surface area contributed by atoms with Gasteiger partial charge in [-0.1, -0.05) is 6.08 Å². The topological polar surface area (TPSA) is 73.8 Å². The van der Waals surface area contributed by atoms with Crippen LogP contribution in [0.3, 0.4) is 0 Å². The van der Waals surface area contributed by atoms with Crippen molar-refractivity contribution in [1.29, 1.82) is 0 Å². The van der Waals surface area contributed by atoms with Crippen molar-refractivity contribution in [3.05, 3.63) is 17.7 Å². The highest BCUT2D eigenvalue weighted by molar-refractivity contribution is 5.88. The van der Waals surface area contributed by atoms with E-state index >= 15 is 0 Å². The lowest BCUT2D eigenvalue weighted by atomic mass is 10.5. The van der Waals surface area contributed by atoms with Gasteiger partial charge in [0.25, 0.3) is 5.91 Å². The molecule has 0 aliphatic carbocycles. The number of hydrogen-bond donors (Lipinski definition) is 1. The van der Waals surface area contributed by atoms with E-state index in [9.17, 15) is 4.79 Å². The maximum atomic E-state index is 10.6. The number of rotatable bonds is 1. The molecule has 1 aliphatic rings. The summed E-state index contributed by atoms with van der Waals surface area (Å²) in [5.74, 6) is 0.198. The summed E-state index contributed by atoms with van der Waals surface area (Å²) in [6, 6.07) is 0. The predicted molar refractivity (Wildman–Crippen MR) is 37.6 cm³/mol. The van der Waals surface area contributed by atoms with Crippen molar-refractivity contribution in [2.45, 2.75) is 6.54 Å². The minimum atomic E-state index is -0.583. The van der Waals surface area contributed by atoms with Crippen LogP contribution in [0.2, 0.25) is 0 Å². The molecule has 5 nitrogen and oxygen atoms in total. The number of primary amides is 1. The molecule has 11 heavy (non-hydrogen) atoms. The first kappa shape index (κ1) is 6.09. The monoisotopic (exact) mass is 150 g/mol. The highest BCUT2D eigenvalue weighted by Gasteiger charge is 2.13. The standard InChI is InChI=1S/C6H6N4O/c7-5(11)6-8-4-2-1-3-10(4)9-6/h1-2H,3H2,(H2,7,11). The van der Waals surface area contributed by atoms with Gasteiger partial charge in [0.2, 0.25) is 5.82 Å². The van der Waals surface area contributed by atoms with Crippen molar-refractivity contribution < 1.29 is 4.79 Å². The molecule has 0 saturated heterocycles. The third kappa shape index (κ3) is 0.813. The van der Waals surface area contributed by atoms with Crippen LogP contribution >= 0.6 is 0 Å². The fourth-order valence-electron chi connectivity index (χ4n) is 0.974. The van der Waals surface area contributed by atoms with Crippen molar-refractivity contribution >= 4 is 12.0 Å². The molecule has 5 heteroatoms. The lowest BCUT2D eigenvalue weighted by Crippen LogP contribution is -2.13. The summed E-state index contributed by atoms with van der Waals surface area (Å²) in [5, 5.41) is 3.86. The summed E-state index contributed by atoms with van der Waals surface area (Å²) in [6.45, 7) is 0.676. The Hall–Kier alpha value is -1.65. The molecule has 1 aromatic heterocycles. The zero-order valence-electron chi connectivity index (χ0n) is 5.69. The first-order valence-corrected chi connectivity index (χ1v) is 3.18. The van der Waals surface area contributed by atoms with Gasteiger partial charge in [-0.05, 0) is 6.08 Å². The third-order valence-corrected chi connectivity index (χ3v) is 1.47. The van der Waals surface area contributed by atoms with Crippen LogP contribution in [0.25, 0.3) is 6.08 Å². The summed E-state index contributed by atoms with van der Waals surface area (Å²) < 4.78 is 1.63. The minimum Gasteiger partial charge on any atom is -0.363 e. The average Bonchev–Trinajstić information content (AvgIpc) is 2.40. The number of carbonyl (C=O) groups is 1. The average molecular weight is 150 g/mol. The number of amides is 1. The van der Waals surface area contributed by atoms with Crippen LogP contribution in [0.1, 0.15) is 16.4 Å². The Morgan fingerprint density at radius 3 is 3.18 bits per heavy atom. The molecule has 0 radical (unpaired) electrons. The van der Waals surface area contributed by atoms with Gasteiger partial charge in [-0.25, -0.2) is 9.67 Å². The van der Waals surface area contributed by atoms with E-state index in [4.69, 9.17) is 5.73 Å². The molecule has 2 rings (SSSR count). The zero-order valence-corrected chi connectivity index (χ0v) is 5.69. The van der Waals surface area contributed by atoms with Crippen LogP contribution in [0.5, 0.6) is 0 Å². The van der Waals surface area contributed by atoms with Gasteiger partial charge in [-0.2, -0.15) is 0 Å². The number of hydrogen-bond acceptors (Lipinski definition) is 3. The second-order valence-electron chi connectivity index (χ2n) is 2.24. The first-order chi connectivity index (χ1) is 5.27. The predicted octanol–water partition coefficient (Wildman–Crippen LogP) is -0.596. The van der Waals surface area contributed by atoms with E-state index in [1.54, 1.807) is 10.8 Å². The molecule has 0 spiro atoms. The number of nitrogens with two attached hydrogens (primary N) is 1. The van der Waals surface area contributed by atoms with Gasteiger partial charge >= 0.3 is 0 Å². The number of carbonyl (C=O) groups excluding carboxylic acids is 1. The number of fused-ring (bicyclic) bond motifs is 1. The summed E-state index contributed by atoms with van der Waals surface area (Å²) in [5.41, 5.74) is 4.97. The molecular formula is C6H6N4O. The Kier molecular flexibility index (Phi) is 1.06. The van der Waals surface area contributed by atoms with Gasteiger partial charge in [0.05, 0.1) is 6.54 Å². The largest absolute Gasteiger partial charge is 0.363 e. The molecule has 56 valence electrons. The molecule has 1 amide bonds. The molecule has 2 N–H and O–H groups in total. The quantitative estimate of drug-likeness (QED) is 0.581. The molecule has 1 aromatic rings. The van der Waals surface area contributed by atoms with Crippen LogP contribution in [0.4, 0.5) is 0 Å². The van der Waals surface area contributed by atoms with Crippen LogP contribution in [-0.4, -0.2) is 20.7 Å². The van der Waals surface area contributed by atoms with E-state index in [1.165, 1.54) is 0 Å². The smallest absolute Gasteiger partial charge is 0.288 e.